The fourth-order valence-electron chi connectivity index (χ4n) is 4.19. The van der Waals surface area contributed by atoms with Gasteiger partial charge in [0.1, 0.15) is 12.0 Å². The van der Waals surface area contributed by atoms with E-state index >= 15 is 0 Å². The van der Waals surface area contributed by atoms with Crippen LogP contribution in [0.5, 0.6) is 0 Å². The lowest BCUT2D eigenvalue weighted by Crippen LogP contribution is -2.39. The molecule has 28 heavy (non-hydrogen) atoms. The fraction of sp³-hybridized carbons (Fsp3) is 0.409. The van der Waals surface area contributed by atoms with Crippen LogP contribution in [0.3, 0.4) is 0 Å². The van der Waals surface area contributed by atoms with Crippen molar-refractivity contribution in [2.75, 3.05) is 18.0 Å². The molecule has 144 valence electrons. The monoisotopic (exact) mass is 378 g/mol. The lowest BCUT2D eigenvalue weighted by molar-refractivity contribution is 0.0666. The molecule has 0 saturated carbocycles. The summed E-state index contributed by atoms with van der Waals surface area (Å²) in [7, 11) is 0. The van der Waals surface area contributed by atoms with Gasteiger partial charge in [-0.3, -0.25) is 4.79 Å². The van der Waals surface area contributed by atoms with Crippen molar-refractivity contribution >= 4 is 17.4 Å². The normalized spacial score (nSPS) is 19.4. The number of likely N-dealkylation sites (tertiary alicyclic amines) is 1. The number of hydrogen-bond donors (Lipinski definition) is 0. The lowest BCUT2D eigenvalue weighted by Gasteiger charge is -2.29. The average molecular weight is 378 g/mol. The number of benzene rings is 1. The van der Waals surface area contributed by atoms with Crippen LogP contribution in [0.2, 0.25) is 0 Å². The van der Waals surface area contributed by atoms with Gasteiger partial charge in [-0.05, 0) is 62.9 Å². The predicted octanol–water partition coefficient (Wildman–Crippen LogP) is 3.92. The molecule has 0 spiro atoms. The quantitative estimate of drug-likeness (QED) is 0.795. The number of fused-ring (bicyclic) bond motifs is 1. The highest BCUT2D eigenvalue weighted by molar-refractivity contribution is 5.96. The Kier molecular flexibility index (Phi) is 4.76. The van der Waals surface area contributed by atoms with Crippen molar-refractivity contribution in [1.82, 2.24) is 9.88 Å². The highest BCUT2D eigenvalue weighted by Gasteiger charge is 2.33. The van der Waals surface area contributed by atoms with Crippen molar-refractivity contribution in [2.24, 2.45) is 0 Å². The second-order valence-corrected chi connectivity index (χ2v) is 7.65. The topological polar surface area (TPSA) is 60.2 Å². The first-order chi connectivity index (χ1) is 13.5. The third-order valence-electron chi connectivity index (χ3n) is 5.83. The average Bonchev–Trinajstić information content (AvgIpc) is 3.05. The summed E-state index contributed by atoms with van der Waals surface area (Å²) < 4.78 is 13.4. The molecule has 2 aliphatic heterocycles. The molecule has 1 amide bonds. The molecule has 0 aliphatic carbocycles. The second-order valence-electron chi connectivity index (χ2n) is 7.65. The van der Waals surface area contributed by atoms with E-state index in [4.69, 9.17) is 5.26 Å². The fourth-order valence-corrected chi connectivity index (χ4v) is 4.19. The molecule has 1 saturated heterocycles. The predicted molar refractivity (Wildman–Crippen MR) is 105 cm³/mol. The maximum absolute atomic E-state index is 13.4. The summed E-state index contributed by atoms with van der Waals surface area (Å²) in [6.45, 7) is 5.03. The number of halogens is 1. The van der Waals surface area contributed by atoms with Crippen molar-refractivity contribution in [2.45, 2.75) is 45.3 Å². The summed E-state index contributed by atoms with van der Waals surface area (Å²) in [5, 5.41) is 9.01. The summed E-state index contributed by atoms with van der Waals surface area (Å²) in [5.74, 6) is 0.818. The van der Waals surface area contributed by atoms with Crippen LogP contribution in [0.15, 0.2) is 30.5 Å². The molecule has 1 aromatic heterocycles. The van der Waals surface area contributed by atoms with Gasteiger partial charge in [-0.2, -0.15) is 5.26 Å². The molecule has 1 atom stereocenters. The van der Waals surface area contributed by atoms with Gasteiger partial charge in [-0.25, -0.2) is 9.37 Å². The molecule has 1 unspecified atom stereocenters. The van der Waals surface area contributed by atoms with Crippen LogP contribution in [0.1, 0.15) is 46.8 Å². The van der Waals surface area contributed by atoms with Gasteiger partial charge in [-0.15, -0.1) is 0 Å². The van der Waals surface area contributed by atoms with E-state index < -0.39 is 6.17 Å². The first-order valence-electron chi connectivity index (χ1n) is 9.70. The van der Waals surface area contributed by atoms with Gasteiger partial charge in [-0.1, -0.05) is 0 Å². The number of nitriles is 1. The van der Waals surface area contributed by atoms with E-state index in [0.717, 1.165) is 29.1 Å². The van der Waals surface area contributed by atoms with Crippen molar-refractivity contribution in [3.63, 3.8) is 0 Å². The highest BCUT2D eigenvalue weighted by atomic mass is 19.1. The SMILES string of the molecule is Cc1c(C(=O)N2CCC(F)CC2)cnc2c1CC(C)N2c1ccc(C#N)cc1. The Morgan fingerprint density at radius 3 is 2.57 bits per heavy atom. The number of hydrogen-bond acceptors (Lipinski definition) is 4. The second kappa shape index (κ2) is 7.23. The third-order valence-corrected chi connectivity index (χ3v) is 5.83. The van der Waals surface area contributed by atoms with E-state index in [2.05, 4.69) is 22.9 Å². The number of aromatic nitrogens is 1. The van der Waals surface area contributed by atoms with E-state index in [1.807, 2.05) is 19.1 Å². The smallest absolute Gasteiger partial charge is 0.255 e. The van der Waals surface area contributed by atoms with E-state index in [1.165, 1.54) is 0 Å². The number of pyridine rings is 1. The van der Waals surface area contributed by atoms with Gasteiger partial charge in [0.05, 0.1) is 17.2 Å². The molecule has 2 aliphatic rings. The number of piperidine rings is 1. The summed E-state index contributed by atoms with van der Waals surface area (Å²) in [5.41, 5.74) is 4.27. The number of anilines is 2. The minimum Gasteiger partial charge on any atom is -0.338 e. The first-order valence-corrected chi connectivity index (χ1v) is 9.70. The molecule has 0 N–H and O–H groups in total. The highest BCUT2D eigenvalue weighted by Crippen LogP contribution is 2.39. The van der Waals surface area contributed by atoms with Gasteiger partial charge in [0.2, 0.25) is 0 Å². The number of rotatable bonds is 2. The summed E-state index contributed by atoms with van der Waals surface area (Å²) in [6, 6.07) is 9.82. The van der Waals surface area contributed by atoms with E-state index in [0.29, 0.717) is 37.1 Å². The van der Waals surface area contributed by atoms with Crippen LogP contribution < -0.4 is 4.90 Å². The van der Waals surface area contributed by atoms with Gasteiger partial charge < -0.3 is 9.80 Å². The molecule has 0 bridgehead atoms. The van der Waals surface area contributed by atoms with Crippen LogP contribution in [0.25, 0.3) is 0 Å². The zero-order chi connectivity index (χ0) is 19.8. The minimum atomic E-state index is -0.801. The van der Waals surface area contributed by atoms with Crippen LogP contribution in [-0.4, -0.2) is 41.1 Å². The first kappa shape index (κ1) is 18.4. The van der Waals surface area contributed by atoms with Crippen molar-refractivity contribution < 1.29 is 9.18 Å². The zero-order valence-corrected chi connectivity index (χ0v) is 16.2. The van der Waals surface area contributed by atoms with Crippen molar-refractivity contribution in [3.05, 3.63) is 52.7 Å². The van der Waals surface area contributed by atoms with Crippen molar-refractivity contribution in [3.8, 4) is 6.07 Å². The van der Waals surface area contributed by atoms with Crippen LogP contribution in [0.4, 0.5) is 15.9 Å². The molecule has 5 nitrogen and oxygen atoms in total. The molecule has 1 aromatic carbocycles. The standard InChI is InChI=1S/C22H23FN4O/c1-14-11-19-15(2)20(22(28)26-9-7-17(23)8-10-26)13-25-21(19)27(14)18-5-3-16(12-24)4-6-18/h3-6,13-14,17H,7-11H2,1-2H3. The lowest BCUT2D eigenvalue weighted by atomic mass is 10.0. The number of alkyl halides is 1. The van der Waals surface area contributed by atoms with Gasteiger partial charge in [0, 0.05) is 36.6 Å². The summed E-state index contributed by atoms with van der Waals surface area (Å²) >= 11 is 0. The number of amides is 1. The van der Waals surface area contributed by atoms with Crippen LogP contribution in [-0.2, 0) is 6.42 Å². The zero-order valence-electron chi connectivity index (χ0n) is 16.2. The number of carbonyl (C=O) groups excluding carboxylic acids is 1. The summed E-state index contributed by atoms with van der Waals surface area (Å²) in [6.07, 6.45) is 2.48. The van der Waals surface area contributed by atoms with E-state index in [1.54, 1.807) is 23.2 Å². The number of nitrogens with zero attached hydrogens (tertiary/aromatic N) is 4. The Balaban J connectivity index is 1.65. The number of carbonyl (C=O) groups is 1. The Morgan fingerprint density at radius 1 is 1.25 bits per heavy atom. The van der Waals surface area contributed by atoms with Gasteiger partial charge in [0.25, 0.3) is 5.91 Å². The Labute approximate surface area is 164 Å². The maximum Gasteiger partial charge on any atom is 0.255 e. The minimum absolute atomic E-state index is 0.0517. The van der Waals surface area contributed by atoms with Crippen molar-refractivity contribution in [1.29, 1.82) is 5.26 Å². The molecule has 2 aromatic rings. The van der Waals surface area contributed by atoms with Gasteiger partial charge in [0.15, 0.2) is 0 Å². The Hall–Kier alpha value is -2.94. The van der Waals surface area contributed by atoms with E-state index in [9.17, 15) is 9.18 Å². The molecular weight excluding hydrogens is 355 g/mol. The molecule has 4 rings (SSSR count). The van der Waals surface area contributed by atoms with Crippen LogP contribution >= 0.6 is 0 Å². The third kappa shape index (κ3) is 3.11. The summed E-state index contributed by atoms with van der Waals surface area (Å²) in [4.78, 5) is 21.5. The molecule has 0 radical (unpaired) electrons. The van der Waals surface area contributed by atoms with Crippen LogP contribution in [0, 0.1) is 18.3 Å². The van der Waals surface area contributed by atoms with Gasteiger partial charge >= 0.3 is 0 Å². The maximum atomic E-state index is 13.4. The Morgan fingerprint density at radius 2 is 1.93 bits per heavy atom. The van der Waals surface area contributed by atoms with E-state index in [-0.39, 0.29) is 11.9 Å². The Bertz CT molecular complexity index is 942. The molecule has 1 fully saturated rings. The molecule has 6 heteroatoms. The molecule has 3 heterocycles. The molecular formula is C22H23FN4O. The largest absolute Gasteiger partial charge is 0.338 e.